The quantitative estimate of drug-likeness (QED) is 0.321. The van der Waals surface area contributed by atoms with Gasteiger partial charge in [0.15, 0.2) is 5.84 Å². The van der Waals surface area contributed by atoms with Crippen LogP contribution in [0, 0.1) is 6.92 Å². The molecule has 8 heteroatoms. The van der Waals surface area contributed by atoms with E-state index in [2.05, 4.69) is 25.3 Å². The van der Waals surface area contributed by atoms with E-state index in [1.54, 1.807) is 18.5 Å². The first-order valence-corrected chi connectivity index (χ1v) is 5.51. The van der Waals surface area contributed by atoms with Crippen LogP contribution in [0.4, 0.5) is 0 Å². The number of rotatable bonds is 3. The van der Waals surface area contributed by atoms with Crippen molar-refractivity contribution in [1.82, 2.24) is 20.2 Å². The highest BCUT2D eigenvalue weighted by atomic mass is 32.2. The second kappa shape index (κ2) is 4.83. The molecule has 0 saturated carbocycles. The molecule has 0 radical (unpaired) electrons. The number of hydrogen-bond donors (Lipinski definition) is 3. The highest BCUT2D eigenvalue weighted by Crippen LogP contribution is 2.26. The first-order chi connectivity index (χ1) is 8.20. The summed E-state index contributed by atoms with van der Waals surface area (Å²) in [6.07, 6.45) is 3.18. The second-order valence-corrected chi connectivity index (χ2v) is 4.17. The van der Waals surface area contributed by atoms with Crippen LogP contribution in [0.15, 0.2) is 33.7 Å². The normalized spacial score (nSPS) is 11.7. The predicted octanol–water partition coefficient (Wildman–Crippen LogP) is 0.754. The van der Waals surface area contributed by atoms with Gasteiger partial charge in [0.2, 0.25) is 5.16 Å². The van der Waals surface area contributed by atoms with E-state index in [0.717, 1.165) is 10.7 Å². The van der Waals surface area contributed by atoms with E-state index < -0.39 is 0 Å². The smallest absolute Gasteiger partial charge is 0.213 e. The topological polar surface area (TPSA) is 113 Å². The Hall–Kier alpha value is -2.09. The molecule has 0 bridgehead atoms. The van der Waals surface area contributed by atoms with Gasteiger partial charge >= 0.3 is 0 Å². The maximum Gasteiger partial charge on any atom is 0.213 e. The fourth-order valence-electron chi connectivity index (χ4n) is 1.19. The number of nitrogens with one attached hydrogen (secondary N) is 1. The minimum Gasteiger partial charge on any atom is -0.409 e. The largest absolute Gasteiger partial charge is 0.409 e. The minimum atomic E-state index is 0.0298. The molecule has 0 aliphatic rings. The summed E-state index contributed by atoms with van der Waals surface area (Å²) in [5, 5.41) is 18.9. The lowest BCUT2D eigenvalue weighted by molar-refractivity contribution is 0.318. The molecule has 4 N–H and O–H groups in total. The van der Waals surface area contributed by atoms with Crippen molar-refractivity contribution < 1.29 is 5.21 Å². The molecule has 2 rings (SSSR count). The number of hydrogen-bond acceptors (Lipinski definition) is 6. The van der Waals surface area contributed by atoms with Crippen LogP contribution in [0.25, 0.3) is 0 Å². The summed E-state index contributed by atoms with van der Waals surface area (Å²) in [4.78, 5) is 8.87. The summed E-state index contributed by atoms with van der Waals surface area (Å²) in [6.45, 7) is 1.81. The van der Waals surface area contributed by atoms with Gasteiger partial charge in [-0.05, 0) is 24.8 Å². The number of aryl methyl sites for hydroxylation is 1. The number of pyridine rings is 1. The zero-order chi connectivity index (χ0) is 12.3. The van der Waals surface area contributed by atoms with Crippen LogP contribution in [-0.2, 0) is 0 Å². The lowest BCUT2D eigenvalue weighted by Crippen LogP contribution is -2.14. The van der Waals surface area contributed by atoms with Crippen molar-refractivity contribution >= 4 is 17.6 Å². The number of H-pyrrole nitrogens is 1. The SMILES string of the molecule is Cc1nc(Sc2cnccc2/C(N)=N/O)n[nH]1. The Labute approximate surface area is 101 Å². The van der Waals surface area contributed by atoms with Crippen molar-refractivity contribution in [3.63, 3.8) is 0 Å². The highest BCUT2D eigenvalue weighted by molar-refractivity contribution is 7.99. The van der Waals surface area contributed by atoms with Crippen LogP contribution < -0.4 is 5.73 Å². The van der Waals surface area contributed by atoms with Gasteiger partial charge in [0.05, 0.1) is 0 Å². The fraction of sp³-hybridized carbons (Fsp3) is 0.111. The molecule has 0 aliphatic heterocycles. The van der Waals surface area contributed by atoms with Gasteiger partial charge in [0.1, 0.15) is 5.82 Å². The summed E-state index contributed by atoms with van der Waals surface area (Å²) in [7, 11) is 0. The van der Waals surface area contributed by atoms with E-state index >= 15 is 0 Å². The maximum absolute atomic E-state index is 8.68. The molecule has 0 spiro atoms. The maximum atomic E-state index is 8.68. The Balaban J connectivity index is 2.32. The fourth-order valence-corrected chi connectivity index (χ4v) is 2.06. The van der Waals surface area contributed by atoms with Gasteiger partial charge < -0.3 is 10.9 Å². The molecule has 0 amide bonds. The zero-order valence-corrected chi connectivity index (χ0v) is 9.77. The molecule has 2 aromatic heterocycles. The van der Waals surface area contributed by atoms with Gasteiger partial charge in [-0.2, -0.15) is 0 Å². The third-order valence-corrected chi connectivity index (χ3v) is 2.86. The molecule has 0 aliphatic carbocycles. The molecule has 17 heavy (non-hydrogen) atoms. The number of amidine groups is 1. The summed E-state index contributed by atoms with van der Waals surface area (Å²) in [5.41, 5.74) is 6.16. The number of nitrogens with zero attached hydrogens (tertiary/aromatic N) is 4. The zero-order valence-electron chi connectivity index (χ0n) is 8.95. The van der Waals surface area contributed by atoms with E-state index in [4.69, 9.17) is 10.9 Å². The van der Waals surface area contributed by atoms with Gasteiger partial charge in [-0.1, -0.05) is 5.16 Å². The average Bonchev–Trinajstić information content (AvgIpc) is 2.74. The van der Waals surface area contributed by atoms with E-state index in [1.165, 1.54) is 11.8 Å². The van der Waals surface area contributed by atoms with Crippen molar-refractivity contribution in [3.8, 4) is 0 Å². The van der Waals surface area contributed by atoms with Crippen LogP contribution in [0.2, 0.25) is 0 Å². The lowest BCUT2D eigenvalue weighted by Gasteiger charge is -2.04. The highest BCUT2D eigenvalue weighted by Gasteiger charge is 2.10. The van der Waals surface area contributed by atoms with Crippen LogP contribution >= 0.6 is 11.8 Å². The van der Waals surface area contributed by atoms with Crippen LogP contribution in [0.5, 0.6) is 0 Å². The van der Waals surface area contributed by atoms with Crippen LogP contribution in [-0.4, -0.2) is 31.2 Å². The van der Waals surface area contributed by atoms with Crippen molar-refractivity contribution in [2.45, 2.75) is 17.0 Å². The monoisotopic (exact) mass is 250 g/mol. The summed E-state index contributed by atoms with van der Waals surface area (Å²) < 4.78 is 0. The Morgan fingerprint density at radius 1 is 1.59 bits per heavy atom. The first kappa shape index (κ1) is 11.4. The molecule has 2 heterocycles. The number of nitrogens with two attached hydrogens (primary N) is 1. The Morgan fingerprint density at radius 2 is 2.41 bits per heavy atom. The molecular formula is C9H10N6OS. The molecule has 0 atom stereocenters. The molecule has 2 aromatic rings. The third kappa shape index (κ3) is 2.53. The van der Waals surface area contributed by atoms with Crippen LogP contribution in [0.1, 0.15) is 11.4 Å². The Kier molecular flexibility index (Phi) is 3.24. The summed E-state index contributed by atoms with van der Waals surface area (Å²) in [6, 6.07) is 1.66. The van der Waals surface area contributed by atoms with E-state index in [-0.39, 0.29) is 5.84 Å². The van der Waals surface area contributed by atoms with E-state index in [0.29, 0.717) is 10.7 Å². The molecule has 7 nitrogen and oxygen atoms in total. The van der Waals surface area contributed by atoms with Gasteiger partial charge in [0.25, 0.3) is 0 Å². The molecule has 0 fully saturated rings. The average molecular weight is 250 g/mol. The molecule has 88 valence electrons. The van der Waals surface area contributed by atoms with E-state index in [1.807, 2.05) is 6.92 Å². The van der Waals surface area contributed by atoms with Crippen LogP contribution in [0.3, 0.4) is 0 Å². The van der Waals surface area contributed by atoms with Crippen molar-refractivity contribution in [2.75, 3.05) is 0 Å². The Morgan fingerprint density at radius 3 is 3.06 bits per heavy atom. The predicted molar refractivity (Wildman–Crippen MR) is 62.0 cm³/mol. The minimum absolute atomic E-state index is 0.0298. The lowest BCUT2D eigenvalue weighted by atomic mass is 10.2. The summed E-state index contributed by atoms with van der Waals surface area (Å²) in [5.74, 6) is 0.754. The molecule has 0 saturated heterocycles. The van der Waals surface area contributed by atoms with Crippen molar-refractivity contribution in [2.24, 2.45) is 10.9 Å². The molecule has 0 unspecified atom stereocenters. The third-order valence-electron chi connectivity index (χ3n) is 1.95. The van der Waals surface area contributed by atoms with Crippen molar-refractivity contribution in [3.05, 3.63) is 29.8 Å². The van der Waals surface area contributed by atoms with Gasteiger partial charge in [0, 0.05) is 22.9 Å². The number of oxime groups is 1. The standard InChI is InChI=1S/C9H10N6OS/c1-5-12-9(14-13-5)17-7-4-11-3-2-6(7)8(10)15-16/h2-4,16H,1H3,(H2,10,15)(H,12,13,14). The van der Waals surface area contributed by atoms with Crippen molar-refractivity contribution in [1.29, 1.82) is 0 Å². The van der Waals surface area contributed by atoms with E-state index in [9.17, 15) is 0 Å². The first-order valence-electron chi connectivity index (χ1n) is 4.69. The number of aromatic amines is 1. The van der Waals surface area contributed by atoms with Gasteiger partial charge in [-0.15, -0.1) is 5.10 Å². The second-order valence-electron chi connectivity index (χ2n) is 3.16. The van der Waals surface area contributed by atoms with Gasteiger partial charge in [-0.25, -0.2) is 4.98 Å². The Bertz CT molecular complexity index is 552. The number of aromatic nitrogens is 4. The van der Waals surface area contributed by atoms with Gasteiger partial charge in [-0.3, -0.25) is 10.1 Å². The molecular weight excluding hydrogens is 240 g/mol. The summed E-state index contributed by atoms with van der Waals surface area (Å²) >= 11 is 1.29. The molecule has 0 aromatic carbocycles.